The van der Waals surface area contributed by atoms with Gasteiger partial charge in [-0.15, -0.1) is 0 Å². The van der Waals surface area contributed by atoms with E-state index in [1.54, 1.807) is 0 Å². The second kappa shape index (κ2) is 7.44. The number of hydrogen-bond donors (Lipinski definition) is 0. The van der Waals surface area contributed by atoms with Gasteiger partial charge in [-0.25, -0.2) is 9.67 Å². The van der Waals surface area contributed by atoms with Gasteiger partial charge in [0, 0.05) is 30.3 Å². The molecule has 5 rings (SSSR count). The van der Waals surface area contributed by atoms with Crippen LogP contribution < -0.4 is 0 Å². The number of likely N-dealkylation sites (tertiary alicyclic amines) is 1. The summed E-state index contributed by atoms with van der Waals surface area (Å²) < 4.78 is 7.83. The molecule has 1 saturated heterocycles. The molecule has 152 valence electrons. The molecule has 2 aromatic heterocycles. The maximum absolute atomic E-state index is 13.0. The quantitative estimate of drug-likeness (QED) is 0.502. The highest BCUT2D eigenvalue weighted by Gasteiger charge is 2.27. The van der Waals surface area contributed by atoms with Crippen LogP contribution in [0.4, 0.5) is 0 Å². The molecule has 6 nitrogen and oxygen atoms in total. The van der Waals surface area contributed by atoms with E-state index in [0.717, 1.165) is 46.9 Å². The normalized spacial score (nSPS) is 15.1. The van der Waals surface area contributed by atoms with E-state index in [9.17, 15) is 4.79 Å². The number of aryl methyl sites for hydroxylation is 2. The van der Waals surface area contributed by atoms with Crippen molar-refractivity contribution in [1.29, 1.82) is 0 Å². The van der Waals surface area contributed by atoms with Gasteiger partial charge in [0.2, 0.25) is 0 Å². The number of carbonyl (C=O) groups excluding carboxylic acids is 1. The molecule has 0 aliphatic carbocycles. The molecule has 0 spiro atoms. The van der Waals surface area contributed by atoms with Crippen molar-refractivity contribution in [2.24, 2.45) is 0 Å². The van der Waals surface area contributed by atoms with Gasteiger partial charge in [-0.2, -0.15) is 5.10 Å². The fourth-order valence-electron chi connectivity index (χ4n) is 4.21. The Labute approximate surface area is 175 Å². The van der Waals surface area contributed by atoms with Crippen LogP contribution in [-0.2, 0) is 0 Å². The number of carbonyl (C=O) groups is 1. The summed E-state index contributed by atoms with van der Waals surface area (Å²) in [6.07, 6.45) is 1.73. The molecule has 0 radical (unpaired) electrons. The smallest absolute Gasteiger partial charge is 0.253 e. The lowest BCUT2D eigenvalue weighted by molar-refractivity contribution is 0.0706. The van der Waals surface area contributed by atoms with Crippen LogP contribution in [0.2, 0.25) is 0 Å². The highest BCUT2D eigenvalue weighted by atomic mass is 16.3. The molecule has 0 N–H and O–H groups in total. The average Bonchev–Trinajstić information content (AvgIpc) is 3.36. The Morgan fingerprint density at radius 2 is 1.77 bits per heavy atom. The molecule has 1 amide bonds. The number of para-hydroxylation sites is 2. The van der Waals surface area contributed by atoms with Crippen molar-refractivity contribution in [1.82, 2.24) is 19.7 Å². The molecule has 0 bridgehead atoms. The number of oxazole rings is 1. The molecule has 6 heteroatoms. The molecule has 30 heavy (non-hydrogen) atoms. The summed E-state index contributed by atoms with van der Waals surface area (Å²) in [6.45, 7) is 5.43. The van der Waals surface area contributed by atoms with Crippen LogP contribution in [0, 0.1) is 13.8 Å². The van der Waals surface area contributed by atoms with Gasteiger partial charge >= 0.3 is 0 Å². The largest absolute Gasteiger partial charge is 0.440 e. The molecule has 0 unspecified atom stereocenters. The van der Waals surface area contributed by atoms with E-state index < -0.39 is 0 Å². The van der Waals surface area contributed by atoms with Crippen molar-refractivity contribution in [2.45, 2.75) is 32.6 Å². The maximum Gasteiger partial charge on any atom is 0.253 e. The minimum atomic E-state index is 0.0749. The Morgan fingerprint density at radius 3 is 2.43 bits per heavy atom. The SMILES string of the molecule is Cc1cc(C)n(-c2ccc(C(=O)N3CCC(c4nc5ccccc5o4)CC3)cc2)n1. The van der Waals surface area contributed by atoms with Gasteiger partial charge < -0.3 is 9.32 Å². The van der Waals surface area contributed by atoms with E-state index >= 15 is 0 Å². The van der Waals surface area contributed by atoms with Crippen LogP contribution in [0.5, 0.6) is 0 Å². The topological polar surface area (TPSA) is 64.2 Å². The van der Waals surface area contributed by atoms with Crippen molar-refractivity contribution in [3.63, 3.8) is 0 Å². The van der Waals surface area contributed by atoms with Gasteiger partial charge in [0.1, 0.15) is 5.52 Å². The number of aromatic nitrogens is 3. The summed E-state index contributed by atoms with van der Waals surface area (Å²) in [4.78, 5) is 19.5. The summed E-state index contributed by atoms with van der Waals surface area (Å²) in [7, 11) is 0. The third kappa shape index (κ3) is 3.38. The molecule has 1 aliphatic rings. The van der Waals surface area contributed by atoms with Gasteiger partial charge in [-0.1, -0.05) is 12.1 Å². The molecular weight excluding hydrogens is 376 g/mol. The first-order chi connectivity index (χ1) is 14.6. The zero-order chi connectivity index (χ0) is 20.7. The Hall–Kier alpha value is -3.41. The van der Waals surface area contributed by atoms with E-state index in [1.807, 2.05) is 78.0 Å². The number of benzene rings is 2. The zero-order valence-corrected chi connectivity index (χ0v) is 17.2. The van der Waals surface area contributed by atoms with E-state index in [4.69, 9.17) is 4.42 Å². The maximum atomic E-state index is 13.0. The van der Waals surface area contributed by atoms with E-state index in [1.165, 1.54) is 0 Å². The first kappa shape index (κ1) is 18.6. The molecule has 3 heterocycles. The third-order valence-corrected chi connectivity index (χ3v) is 5.81. The lowest BCUT2D eigenvalue weighted by atomic mass is 9.96. The van der Waals surface area contributed by atoms with Crippen molar-refractivity contribution < 1.29 is 9.21 Å². The van der Waals surface area contributed by atoms with Gasteiger partial charge in [0.15, 0.2) is 11.5 Å². The van der Waals surface area contributed by atoms with E-state index in [2.05, 4.69) is 10.1 Å². The van der Waals surface area contributed by atoms with Crippen molar-refractivity contribution in [2.75, 3.05) is 13.1 Å². The van der Waals surface area contributed by atoms with Crippen LogP contribution in [0.1, 0.15) is 46.4 Å². The van der Waals surface area contributed by atoms with Crippen molar-refractivity contribution in [3.8, 4) is 5.69 Å². The Bertz CT molecular complexity index is 1160. The van der Waals surface area contributed by atoms with Gasteiger partial charge in [0.05, 0.1) is 11.4 Å². The van der Waals surface area contributed by atoms with Gasteiger partial charge in [-0.05, 0) is 69.2 Å². The molecule has 4 aromatic rings. The highest BCUT2D eigenvalue weighted by molar-refractivity contribution is 5.94. The van der Waals surface area contributed by atoms with Gasteiger partial charge in [-0.3, -0.25) is 4.79 Å². The van der Waals surface area contributed by atoms with E-state index in [0.29, 0.717) is 18.7 Å². The first-order valence-corrected chi connectivity index (χ1v) is 10.4. The lowest BCUT2D eigenvalue weighted by Crippen LogP contribution is -2.38. The third-order valence-electron chi connectivity index (χ3n) is 5.81. The fraction of sp³-hybridized carbons (Fsp3) is 0.292. The molecule has 2 aromatic carbocycles. The molecule has 0 atom stereocenters. The van der Waals surface area contributed by atoms with Crippen LogP contribution in [0.25, 0.3) is 16.8 Å². The summed E-state index contributed by atoms with van der Waals surface area (Å²) in [5, 5.41) is 4.50. The Balaban J connectivity index is 1.25. The highest BCUT2D eigenvalue weighted by Crippen LogP contribution is 2.30. The molecule has 0 saturated carbocycles. The van der Waals surface area contributed by atoms with Crippen LogP contribution >= 0.6 is 0 Å². The van der Waals surface area contributed by atoms with Crippen molar-refractivity contribution in [3.05, 3.63) is 77.4 Å². The first-order valence-electron chi connectivity index (χ1n) is 10.4. The van der Waals surface area contributed by atoms with Crippen molar-refractivity contribution >= 4 is 17.0 Å². The summed E-state index contributed by atoms with van der Waals surface area (Å²) >= 11 is 0. The monoisotopic (exact) mass is 400 g/mol. The second-order valence-corrected chi connectivity index (χ2v) is 7.97. The standard InChI is InChI=1S/C24H24N4O2/c1-16-15-17(2)28(26-16)20-9-7-19(8-10-20)24(29)27-13-11-18(12-14-27)23-25-21-5-3-4-6-22(21)30-23/h3-10,15,18H,11-14H2,1-2H3. The fourth-order valence-corrected chi connectivity index (χ4v) is 4.21. The van der Waals surface area contributed by atoms with Crippen LogP contribution in [-0.4, -0.2) is 38.7 Å². The predicted octanol–water partition coefficient (Wildman–Crippen LogP) is 4.65. The number of rotatable bonds is 3. The van der Waals surface area contributed by atoms with Crippen LogP contribution in [0.3, 0.4) is 0 Å². The van der Waals surface area contributed by atoms with Crippen LogP contribution in [0.15, 0.2) is 59.0 Å². The molecular formula is C24H24N4O2. The van der Waals surface area contributed by atoms with E-state index in [-0.39, 0.29) is 11.8 Å². The minimum Gasteiger partial charge on any atom is -0.440 e. The summed E-state index contributed by atoms with van der Waals surface area (Å²) in [5.41, 5.74) is 5.46. The predicted molar refractivity (Wildman–Crippen MR) is 115 cm³/mol. The Morgan fingerprint density at radius 1 is 1.03 bits per heavy atom. The second-order valence-electron chi connectivity index (χ2n) is 7.97. The zero-order valence-electron chi connectivity index (χ0n) is 17.2. The number of amides is 1. The number of nitrogens with zero attached hydrogens (tertiary/aromatic N) is 4. The molecule has 1 fully saturated rings. The number of fused-ring (bicyclic) bond motifs is 1. The average molecular weight is 400 g/mol. The number of piperidine rings is 1. The van der Waals surface area contributed by atoms with Gasteiger partial charge in [0.25, 0.3) is 5.91 Å². The minimum absolute atomic E-state index is 0.0749. The summed E-state index contributed by atoms with van der Waals surface area (Å²) in [5.74, 6) is 1.12. The summed E-state index contributed by atoms with van der Waals surface area (Å²) in [6, 6.07) is 17.6. The lowest BCUT2D eigenvalue weighted by Gasteiger charge is -2.30. The molecule has 1 aliphatic heterocycles. The Kier molecular flexibility index (Phi) is 4.62. The number of hydrogen-bond acceptors (Lipinski definition) is 4.